The van der Waals surface area contributed by atoms with Crippen LogP contribution in [0.25, 0.3) is 0 Å². The molecule has 0 heterocycles. The fourth-order valence-electron chi connectivity index (χ4n) is 3.14. The molecule has 0 unspecified atom stereocenters. The zero-order valence-electron chi connectivity index (χ0n) is 19.7. The normalized spacial score (nSPS) is 10.7. The van der Waals surface area contributed by atoms with Crippen LogP contribution in [0.3, 0.4) is 0 Å². The number of carbonyl (C=O) groups excluding carboxylic acids is 2. The second kappa shape index (κ2) is 11.6. The molecule has 2 amide bonds. The molecule has 3 aromatic carbocycles. The Kier molecular flexibility index (Phi) is 8.36. The Labute approximate surface area is 220 Å². The number of nitrogens with one attached hydrogen (secondary N) is 3. The van der Waals surface area contributed by atoms with E-state index in [1.54, 1.807) is 0 Å². The maximum atomic E-state index is 12.5. The van der Waals surface area contributed by atoms with Gasteiger partial charge in [-0.3, -0.25) is 29.8 Å². The van der Waals surface area contributed by atoms with Crippen molar-refractivity contribution in [1.82, 2.24) is 5.32 Å². The number of benzene rings is 3. The predicted octanol–water partition coefficient (Wildman–Crippen LogP) is 1.52. The van der Waals surface area contributed by atoms with Crippen LogP contribution in [0.2, 0.25) is 0 Å². The monoisotopic (exact) mass is 556 g/mol. The van der Waals surface area contributed by atoms with Crippen LogP contribution in [0.1, 0.15) is 20.7 Å². The van der Waals surface area contributed by atoms with E-state index in [0.29, 0.717) is 11.8 Å². The number of guanidine groups is 1. The highest BCUT2D eigenvalue weighted by Gasteiger charge is 2.24. The summed E-state index contributed by atoms with van der Waals surface area (Å²) >= 11 is 0. The van der Waals surface area contributed by atoms with E-state index in [9.17, 15) is 38.2 Å². The Morgan fingerprint density at radius 2 is 1.46 bits per heavy atom. The largest absolute Gasteiger partial charge is 0.369 e. The molecule has 0 saturated carbocycles. The zero-order chi connectivity index (χ0) is 28.7. The average molecular weight is 557 g/mol. The summed E-state index contributed by atoms with van der Waals surface area (Å²) in [5.74, 6) is -1.93. The molecule has 0 atom stereocenters. The molecule has 7 N–H and O–H groups in total. The number of rotatable bonds is 10. The Balaban J connectivity index is 1.58. The smallest absolute Gasteiger partial charge is 0.289 e. The molecule has 0 aliphatic carbocycles. The van der Waals surface area contributed by atoms with E-state index in [1.807, 2.05) is 0 Å². The number of amides is 2. The van der Waals surface area contributed by atoms with Gasteiger partial charge in [-0.1, -0.05) is 0 Å². The second-order valence-corrected chi connectivity index (χ2v) is 9.23. The van der Waals surface area contributed by atoms with Gasteiger partial charge < -0.3 is 27.4 Å². The summed E-state index contributed by atoms with van der Waals surface area (Å²) in [4.78, 5) is 45.2. The van der Waals surface area contributed by atoms with Crippen molar-refractivity contribution in [3.05, 3.63) is 98.1 Å². The van der Waals surface area contributed by atoms with Gasteiger partial charge in [-0.15, -0.1) is 4.40 Å². The molecule has 0 saturated heterocycles. The third-order valence-electron chi connectivity index (χ3n) is 4.96. The molecule has 0 fully saturated rings. The number of anilines is 2. The number of non-ortho nitro benzene ring substituents is 1. The first-order chi connectivity index (χ1) is 18.4. The van der Waals surface area contributed by atoms with E-state index in [1.165, 1.54) is 48.5 Å². The van der Waals surface area contributed by atoms with Crippen LogP contribution in [0.5, 0.6) is 0 Å². The van der Waals surface area contributed by atoms with Crippen LogP contribution in [0.4, 0.5) is 22.7 Å². The minimum atomic E-state index is -4.02. The number of hydrogen-bond acceptors (Lipinski definition) is 9. The summed E-state index contributed by atoms with van der Waals surface area (Å²) in [6.07, 6.45) is 0. The lowest BCUT2D eigenvalue weighted by atomic mass is 10.1. The first kappa shape index (κ1) is 28.0. The molecule has 0 aliphatic heterocycles. The van der Waals surface area contributed by atoms with Crippen LogP contribution in [-0.2, 0) is 10.0 Å². The summed E-state index contributed by atoms with van der Waals surface area (Å²) in [6.45, 7) is -0.0128. The molecular weight excluding hydrogens is 536 g/mol. The average Bonchev–Trinajstić information content (AvgIpc) is 2.88. The van der Waals surface area contributed by atoms with Crippen molar-refractivity contribution < 1.29 is 27.9 Å². The van der Waals surface area contributed by atoms with Crippen molar-refractivity contribution in [3.8, 4) is 0 Å². The Bertz CT molecular complexity index is 1570. The fourth-order valence-corrected chi connectivity index (χ4v) is 4.01. The fraction of sp³-hybridized carbons (Fsp3) is 0.0455. The second-order valence-electron chi connectivity index (χ2n) is 7.62. The predicted molar refractivity (Wildman–Crippen MR) is 140 cm³/mol. The molecular formula is C22H20N8O8S. The van der Waals surface area contributed by atoms with Gasteiger partial charge in [-0.05, 0) is 54.6 Å². The van der Waals surface area contributed by atoms with Gasteiger partial charge in [0.1, 0.15) is 5.56 Å². The SMILES string of the molecule is NC(N)=NS(=O)(=O)c1ccc(NCNC(=O)c2ccc(NC(=O)c3ccc([N+](=O)[O-])cc3[N+](=O)[O-])cc2)cc1. The maximum absolute atomic E-state index is 12.5. The van der Waals surface area contributed by atoms with Gasteiger partial charge >= 0.3 is 0 Å². The van der Waals surface area contributed by atoms with Crippen LogP contribution >= 0.6 is 0 Å². The topological polar surface area (TPSA) is 255 Å². The number of sulfonamides is 1. The van der Waals surface area contributed by atoms with Crippen LogP contribution in [0, 0.1) is 20.2 Å². The van der Waals surface area contributed by atoms with Gasteiger partial charge in [0.05, 0.1) is 27.5 Å². The first-order valence-electron chi connectivity index (χ1n) is 10.7. The number of hydrogen-bond donors (Lipinski definition) is 5. The Hall–Kier alpha value is -5.58. The lowest BCUT2D eigenvalue weighted by Gasteiger charge is -2.10. The standard InChI is InChI=1S/C22H20N8O8S/c23-22(24)28-39(37,38)17-8-5-14(6-9-17)25-12-26-20(31)13-1-3-15(4-2-13)27-21(32)18-10-7-16(29(33)34)11-19(18)30(35)36/h1-11,25H,12H2,(H,26,31)(H,27,32)(H4,23,24,28). The van der Waals surface area contributed by atoms with Crippen LogP contribution < -0.4 is 27.4 Å². The molecule has 0 spiro atoms. The molecule has 3 aromatic rings. The summed E-state index contributed by atoms with van der Waals surface area (Å²) < 4.78 is 27.1. The molecule has 16 nitrogen and oxygen atoms in total. The van der Waals surface area contributed by atoms with Crippen LogP contribution in [0.15, 0.2) is 76.0 Å². The quantitative estimate of drug-likeness (QED) is 0.0786. The minimum Gasteiger partial charge on any atom is -0.369 e. The van der Waals surface area contributed by atoms with Gasteiger partial charge in [0.15, 0.2) is 0 Å². The molecule has 3 rings (SSSR count). The molecule has 17 heteroatoms. The number of nitro groups is 2. The number of nitrogens with zero attached hydrogens (tertiary/aromatic N) is 3. The lowest BCUT2D eigenvalue weighted by Crippen LogP contribution is -2.28. The van der Waals surface area contributed by atoms with Crippen LogP contribution in [-0.4, -0.2) is 42.7 Å². The number of carbonyl (C=O) groups is 2. The van der Waals surface area contributed by atoms with E-state index >= 15 is 0 Å². The first-order valence-corrected chi connectivity index (χ1v) is 12.1. The molecule has 0 radical (unpaired) electrons. The maximum Gasteiger partial charge on any atom is 0.289 e. The highest BCUT2D eigenvalue weighted by molar-refractivity contribution is 7.90. The van der Waals surface area contributed by atoms with Gasteiger partial charge in [0.2, 0.25) is 5.96 Å². The number of nitro benzene ring substituents is 2. The molecule has 0 aliphatic rings. The highest BCUT2D eigenvalue weighted by atomic mass is 32.2. The molecule has 39 heavy (non-hydrogen) atoms. The summed E-state index contributed by atoms with van der Waals surface area (Å²) in [6, 6.07) is 13.7. The minimum absolute atomic E-state index is 0.0128. The Morgan fingerprint density at radius 1 is 0.846 bits per heavy atom. The molecule has 0 aromatic heterocycles. The van der Waals surface area contributed by atoms with E-state index < -0.39 is 49.0 Å². The van der Waals surface area contributed by atoms with Crippen molar-refractivity contribution in [2.45, 2.75) is 4.90 Å². The van der Waals surface area contributed by atoms with E-state index in [0.717, 1.165) is 12.1 Å². The van der Waals surface area contributed by atoms with Crippen molar-refractivity contribution in [3.63, 3.8) is 0 Å². The van der Waals surface area contributed by atoms with Gasteiger partial charge in [0, 0.05) is 23.0 Å². The summed E-state index contributed by atoms with van der Waals surface area (Å²) in [5, 5.41) is 30.0. The molecule has 202 valence electrons. The van der Waals surface area contributed by atoms with Crippen molar-refractivity contribution >= 4 is 50.5 Å². The summed E-state index contributed by atoms with van der Waals surface area (Å²) in [7, 11) is -4.02. The Morgan fingerprint density at radius 3 is 2.03 bits per heavy atom. The van der Waals surface area contributed by atoms with E-state index in [2.05, 4.69) is 20.3 Å². The van der Waals surface area contributed by atoms with Crippen molar-refractivity contribution in [2.75, 3.05) is 17.3 Å². The lowest BCUT2D eigenvalue weighted by molar-refractivity contribution is -0.394. The van der Waals surface area contributed by atoms with E-state index in [-0.39, 0.29) is 28.4 Å². The van der Waals surface area contributed by atoms with Crippen molar-refractivity contribution in [2.24, 2.45) is 15.9 Å². The van der Waals surface area contributed by atoms with Crippen molar-refractivity contribution in [1.29, 1.82) is 0 Å². The summed E-state index contributed by atoms with van der Waals surface area (Å²) in [5.41, 5.74) is 9.53. The zero-order valence-corrected chi connectivity index (χ0v) is 20.5. The van der Waals surface area contributed by atoms with E-state index in [4.69, 9.17) is 11.5 Å². The highest BCUT2D eigenvalue weighted by Crippen LogP contribution is 2.25. The number of nitrogens with two attached hydrogens (primary N) is 2. The van der Waals surface area contributed by atoms with Gasteiger partial charge in [-0.25, -0.2) is 0 Å². The van der Waals surface area contributed by atoms with Gasteiger partial charge in [0.25, 0.3) is 33.2 Å². The molecule has 0 bridgehead atoms. The third-order valence-corrected chi connectivity index (χ3v) is 6.28. The van der Waals surface area contributed by atoms with Gasteiger partial charge in [-0.2, -0.15) is 8.42 Å². The third kappa shape index (κ3) is 7.23.